The van der Waals surface area contributed by atoms with Crippen molar-refractivity contribution in [2.24, 2.45) is 5.92 Å². The molecule has 1 N–H and O–H groups in total. The first-order valence-corrected chi connectivity index (χ1v) is 5.31. The first kappa shape index (κ1) is 12.7. The van der Waals surface area contributed by atoms with E-state index < -0.39 is 6.61 Å². The number of rotatable bonds is 5. The number of alkyl halides is 2. The fourth-order valence-corrected chi connectivity index (χ4v) is 1.20. The van der Waals surface area contributed by atoms with Gasteiger partial charge in [-0.15, -0.1) is 0 Å². The molecule has 0 radical (unpaired) electrons. The van der Waals surface area contributed by atoms with Crippen LogP contribution >= 0.6 is 0 Å². The Balaban J connectivity index is 2.78. The maximum atomic E-state index is 12.1. The minimum Gasteiger partial charge on any atom is -0.433 e. The van der Waals surface area contributed by atoms with Crippen LogP contribution in [-0.2, 0) is 0 Å². The molecule has 0 spiro atoms. The van der Waals surface area contributed by atoms with Crippen molar-refractivity contribution in [1.29, 1.82) is 0 Å². The first-order valence-electron chi connectivity index (χ1n) is 5.31. The predicted octanol–water partition coefficient (Wildman–Crippen LogP) is 3.74. The van der Waals surface area contributed by atoms with E-state index in [2.05, 4.69) is 23.9 Å². The summed E-state index contributed by atoms with van der Waals surface area (Å²) in [6.45, 7) is 3.34. The van der Waals surface area contributed by atoms with Gasteiger partial charge in [0.1, 0.15) is 5.75 Å². The van der Waals surface area contributed by atoms with E-state index in [4.69, 9.17) is 0 Å². The number of halogens is 2. The second kappa shape index (κ2) is 5.68. The van der Waals surface area contributed by atoms with Gasteiger partial charge >= 0.3 is 6.61 Å². The Bertz CT molecular complexity index is 329. The summed E-state index contributed by atoms with van der Waals surface area (Å²) >= 11 is 0. The highest BCUT2D eigenvalue weighted by Gasteiger charge is 2.12. The molecule has 1 atom stereocenters. The van der Waals surface area contributed by atoms with E-state index in [1.807, 2.05) is 6.92 Å². The van der Waals surface area contributed by atoms with E-state index in [-0.39, 0.29) is 11.8 Å². The van der Waals surface area contributed by atoms with E-state index in [9.17, 15) is 8.78 Å². The molecule has 90 valence electrons. The second-order valence-electron chi connectivity index (χ2n) is 4.05. The van der Waals surface area contributed by atoms with Gasteiger partial charge in [0, 0.05) is 6.04 Å². The standard InChI is InChI=1S/C12H17F2NO/c1-8(2)9(3)15-10-6-4-5-7-11(10)16-12(13)14/h4-9,12,15H,1-3H3. The maximum Gasteiger partial charge on any atom is 0.387 e. The van der Waals surface area contributed by atoms with Crippen LogP contribution < -0.4 is 10.1 Å². The molecular formula is C12H17F2NO. The maximum absolute atomic E-state index is 12.1. The largest absolute Gasteiger partial charge is 0.433 e. The Morgan fingerprint density at radius 2 is 1.75 bits per heavy atom. The quantitative estimate of drug-likeness (QED) is 0.830. The van der Waals surface area contributed by atoms with Gasteiger partial charge in [-0.2, -0.15) is 8.78 Å². The molecule has 0 amide bonds. The number of benzene rings is 1. The van der Waals surface area contributed by atoms with Gasteiger partial charge in [-0.1, -0.05) is 26.0 Å². The molecule has 1 unspecified atom stereocenters. The molecule has 0 aliphatic heterocycles. The predicted molar refractivity (Wildman–Crippen MR) is 61.0 cm³/mol. The molecule has 0 aromatic heterocycles. The smallest absolute Gasteiger partial charge is 0.387 e. The van der Waals surface area contributed by atoms with Crippen LogP contribution in [0.5, 0.6) is 5.75 Å². The lowest BCUT2D eigenvalue weighted by Crippen LogP contribution is -2.22. The Morgan fingerprint density at radius 1 is 1.12 bits per heavy atom. The van der Waals surface area contributed by atoms with Crippen molar-refractivity contribution in [3.05, 3.63) is 24.3 Å². The van der Waals surface area contributed by atoms with Gasteiger partial charge in [0.05, 0.1) is 5.69 Å². The van der Waals surface area contributed by atoms with Crippen molar-refractivity contribution in [2.75, 3.05) is 5.32 Å². The van der Waals surface area contributed by atoms with Crippen LogP contribution in [-0.4, -0.2) is 12.7 Å². The van der Waals surface area contributed by atoms with Crippen molar-refractivity contribution in [1.82, 2.24) is 0 Å². The SMILES string of the molecule is CC(C)C(C)Nc1ccccc1OC(F)F. The fourth-order valence-electron chi connectivity index (χ4n) is 1.20. The third-order valence-electron chi connectivity index (χ3n) is 2.49. The van der Waals surface area contributed by atoms with Gasteiger partial charge in [0.15, 0.2) is 0 Å². The topological polar surface area (TPSA) is 21.3 Å². The number of hydrogen-bond donors (Lipinski definition) is 1. The van der Waals surface area contributed by atoms with Crippen molar-refractivity contribution >= 4 is 5.69 Å². The van der Waals surface area contributed by atoms with Crippen molar-refractivity contribution in [3.8, 4) is 5.75 Å². The van der Waals surface area contributed by atoms with Gasteiger partial charge in [-0.25, -0.2) is 0 Å². The molecule has 0 bridgehead atoms. The number of hydrogen-bond acceptors (Lipinski definition) is 2. The Morgan fingerprint density at radius 3 is 2.31 bits per heavy atom. The molecular weight excluding hydrogens is 212 g/mol. The van der Waals surface area contributed by atoms with Crippen LogP contribution in [0.25, 0.3) is 0 Å². The van der Waals surface area contributed by atoms with E-state index in [1.165, 1.54) is 6.07 Å². The number of para-hydroxylation sites is 2. The summed E-state index contributed by atoms with van der Waals surface area (Å²) in [6, 6.07) is 6.91. The fraction of sp³-hybridized carbons (Fsp3) is 0.500. The van der Waals surface area contributed by atoms with E-state index in [0.717, 1.165) is 0 Å². The van der Waals surface area contributed by atoms with Crippen molar-refractivity contribution in [2.45, 2.75) is 33.4 Å². The minimum absolute atomic E-state index is 0.185. The second-order valence-corrected chi connectivity index (χ2v) is 4.05. The summed E-state index contributed by atoms with van der Waals surface area (Å²) < 4.78 is 28.7. The summed E-state index contributed by atoms with van der Waals surface area (Å²) in [5.74, 6) is 0.601. The van der Waals surface area contributed by atoms with Crippen LogP contribution in [0.15, 0.2) is 24.3 Å². The molecule has 0 heterocycles. The lowest BCUT2D eigenvalue weighted by molar-refractivity contribution is -0.0493. The summed E-state index contributed by atoms with van der Waals surface area (Å²) in [5.41, 5.74) is 0.601. The lowest BCUT2D eigenvalue weighted by atomic mass is 10.1. The zero-order valence-corrected chi connectivity index (χ0v) is 9.71. The average molecular weight is 229 g/mol. The monoisotopic (exact) mass is 229 g/mol. The van der Waals surface area contributed by atoms with Crippen molar-refractivity contribution < 1.29 is 13.5 Å². The number of nitrogens with one attached hydrogen (secondary N) is 1. The molecule has 2 nitrogen and oxygen atoms in total. The van der Waals surface area contributed by atoms with Crippen LogP contribution in [0, 0.1) is 5.92 Å². The normalized spacial score (nSPS) is 12.9. The Hall–Kier alpha value is -1.32. The van der Waals surface area contributed by atoms with Crippen LogP contribution in [0.1, 0.15) is 20.8 Å². The van der Waals surface area contributed by atoms with Gasteiger partial charge in [0.25, 0.3) is 0 Å². The highest BCUT2D eigenvalue weighted by molar-refractivity contribution is 5.56. The number of ether oxygens (including phenoxy) is 1. The lowest BCUT2D eigenvalue weighted by Gasteiger charge is -2.20. The first-order chi connectivity index (χ1) is 7.50. The van der Waals surface area contributed by atoms with E-state index in [0.29, 0.717) is 11.6 Å². The molecule has 0 aliphatic carbocycles. The van der Waals surface area contributed by atoms with Crippen molar-refractivity contribution in [3.63, 3.8) is 0 Å². The van der Waals surface area contributed by atoms with Gasteiger partial charge in [-0.05, 0) is 25.0 Å². The third kappa shape index (κ3) is 3.68. The molecule has 4 heteroatoms. The number of anilines is 1. The van der Waals surface area contributed by atoms with E-state index in [1.54, 1.807) is 18.2 Å². The molecule has 0 fully saturated rings. The zero-order chi connectivity index (χ0) is 12.1. The summed E-state index contributed by atoms with van der Waals surface area (Å²) in [6.07, 6.45) is 0. The molecule has 0 saturated carbocycles. The van der Waals surface area contributed by atoms with Crippen LogP contribution in [0.2, 0.25) is 0 Å². The average Bonchev–Trinajstić information content (AvgIpc) is 2.20. The molecule has 0 aliphatic rings. The molecule has 1 rings (SSSR count). The zero-order valence-electron chi connectivity index (χ0n) is 9.71. The van der Waals surface area contributed by atoms with Crippen LogP contribution in [0.4, 0.5) is 14.5 Å². The minimum atomic E-state index is -2.79. The Kier molecular flexibility index (Phi) is 4.52. The third-order valence-corrected chi connectivity index (χ3v) is 2.49. The summed E-state index contributed by atoms with van der Waals surface area (Å²) in [5, 5.41) is 3.16. The molecule has 1 aromatic carbocycles. The molecule has 16 heavy (non-hydrogen) atoms. The van der Waals surface area contributed by atoms with E-state index >= 15 is 0 Å². The molecule has 0 saturated heterocycles. The highest BCUT2D eigenvalue weighted by Crippen LogP contribution is 2.26. The Labute approximate surface area is 94.6 Å². The summed E-state index contributed by atoms with van der Waals surface area (Å²) in [4.78, 5) is 0. The van der Waals surface area contributed by atoms with Crippen LogP contribution in [0.3, 0.4) is 0 Å². The van der Waals surface area contributed by atoms with Gasteiger partial charge in [-0.3, -0.25) is 0 Å². The van der Waals surface area contributed by atoms with Gasteiger partial charge < -0.3 is 10.1 Å². The summed E-state index contributed by atoms with van der Waals surface area (Å²) in [7, 11) is 0. The highest BCUT2D eigenvalue weighted by atomic mass is 19.3. The van der Waals surface area contributed by atoms with Gasteiger partial charge in [0.2, 0.25) is 0 Å². The molecule has 1 aromatic rings.